The van der Waals surface area contributed by atoms with Gasteiger partial charge in [-0.05, 0) is 67.7 Å². The number of pyridine rings is 2. The smallest absolute Gasteiger partial charge is 0.174 e. The predicted molar refractivity (Wildman–Crippen MR) is 123 cm³/mol. The van der Waals surface area contributed by atoms with Crippen molar-refractivity contribution in [3.05, 3.63) is 108 Å². The summed E-state index contributed by atoms with van der Waals surface area (Å²) in [5.41, 5.74) is 4.22. The minimum Gasteiger partial charge on any atom is -0.351 e. The zero-order valence-electron chi connectivity index (χ0n) is 16.8. The van der Waals surface area contributed by atoms with E-state index in [1.807, 2.05) is 54.4 Å². The van der Waals surface area contributed by atoms with Gasteiger partial charge in [-0.15, -0.1) is 0 Å². The van der Waals surface area contributed by atoms with Crippen LogP contribution in [0.15, 0.2) is 85.3 Å². The van der Waals surface area contributed by atoms with Gasteiger partial charge in [0.15, 0.2) is 5.11 Å². The second-order valence-corrected chi connectivity index (χ2v) is 7.78. The lowest BCUT2D eigenvalue weighted by molar-refractivity contribution is 0.540. The summed E-state index contributed by atoms with van der Waals surface area (Å²) in [7, 11) is 0. The molecule has 2 atom stereocenters. The molecule has 0 aliphatic carbocycles. The number of hydrogen-bond acceptors (Lipinski definition) is 3. The monoisotopic (exact) mass is 429 g/mol. The molecule has 3 aromatic heterocycles. The summed E-state index contributed by atoms with van der Waals surface area (Å²) in [5, 5.41) is 3.84. The number of anilines is 1. The van der Waals surface area contributed by atoms with Gasteiger partial charge < -0.3 is 14.8 Å². The highest BCUT2D eigenvalue weighted by Crippen LogP contribution is 2.43. The minimum atomic E-state index is -0.325. The van der Waals surface area contributed by atoms with Crippen molar-refractivity contribution in [3.8, 4) is 5.69 Å². The Hall–Kier alpha value is -3.58. The first kappa shape index (κ1) is 19.4. The molecule has 1 aliphatic heterocycles. The van der Waals surface area contributed by atoms with Crippen LogP contribution in [0.5, 0.6) is 0 Å². The predicted octanol–water partition coefficient (Wildman–Crippen LogP) is 4.89. The van der Waals surface area contributed by atoms with E-state index in [0.717, 1.165) is 22.8 Å². The molecule has 1 saturated heterocycles. The number of nitrogens with zero attached hydrogens (tertiary/aromatic N) is 4. The Labute approximate surface area is 185 Å². The quantitative estimate of drug-likeness (QED) is 0.468. The van der Waals surface area contributed by atoms with E-state index in [0.29, 0.717) is 10.8 Å². The van der Waals surface area contributed by atoms with Gasteiger partial charge in [-0.3, -0.25) is 9.97 Å². The molecule has 0 radical (unpaired) electrons. The van der Waals surface area contributed by atoms with E-state index in [9.17, 15) is 4.39 Å². The lowest BCUT2D eigenvalue weighted by atomic mass is 10.0. The summed E-state index contributed by atoms with van der Waals surface area (Å²) < 4.78 is 17.0. The molecule has 0 amide bonds. The number of aromatic nitrogens is 3. The highest BCUT2D eigenvalue weighted by Gasteiger charge is 2.43. The number of para-hydroxylation sites is 1. The van der Waals surface area contributed by atoms with E-state index >= 15 is 0 Å². The van der Waals surface area contributed by atoms with Gasteiger partial charge >= 0.3 is 0 Å². The maximum Gasteiger partial charge on any atom is 0.174 e. The van der Waals surface area contributed by atoms with Crippen molar-refractivity contribution in [2.24, 2.45) is 0 Å². The van der Waals surface area contributed by atoms with Crippen LogP contribution in [-0.2, 0) is 0 Å². The topological polar surface area (TPSA) is 46.0 Å². The lowest BCUT2D eigenvalue weighted by Gasteiger charge is -2.29. The van der Waals surface area contributed by atoms with Crippen molar-refractivity contribution >= 4 is 23.0 Å². The van der Waals surface area contributed by atoms with E-state index in [1.54, 1.807) is 24.5 Å². The fourth-order valence-corrected chi connectivity index (χ4v) is 4.53. The number of thiocarbonyl (C=S) groups is 1. The Morgan fingerprint density at radius 3 is 2.55 bits per heavy atom. The Morgan fingerprint density at radius 1 is 0.968 bits per heavy atom. The Bertz CT molecular complexity index is 1230. The molecule has 0 unspecified atom stereocenters. The first-order chi connectivity index (χ1) is 15.1. The first-order valence-corrected chi connectivity index (χ1v) is 10.4. The summed E-state index contributed by atoms with van der Waals surface area (Å²) in [5.74, 6) is -0.325. The number of nitrogens with one attached hydrogen (secondary N) is 1. The summed E-state index contributed by atoms with van der Waals surface area (Å²) in [6.07, 6.45) is 5.32. The molecule has 1 fully saturated rings. The molecule has 7 heteroatoms. The van der Waals surface area contributed by atoms with Gasteiger partial charge in [0, 0.05) is 23.8 Å². The molecular weight excluding hydrogens is 409 g/mol. The van der Waals surface area contributed by atoms with Crippen LogP contribution in [-0.4, -0.2) is 19.6 Å². The van der Waals surface area contributed by atoms with Crippen molar-refractivity contribution in [1.82, 2.24) is 19.9 Å². The maximum atomic E-state index is 14.9. The van der Waals surface area contributed by atoms with Crippen LogP contribution in [0.25, 0.3) is 5.69 Å². The summed E-state index contributed by atoms with van der Waals surface area (Å²) in [6.45, 7) is 2.04. The highest BCUT2D eigenvalue weighted by atomic mass is 32.1. The van der Waals surface area contributed by atoms with Crippen LogP contribution in [0.3, 0.4) is 0 Å². The van der Waals surface area contributed by atoms with Crippen LogP contribution in [0.4, 0.5) is 10.1 Å². The number of halogens is 1. The van der Waals surface area contributed by atoms with Crippen LogP contribution >= 0.6 is 12.2 Å². The summed E-state index contributed by atoms with van der Waals surface area (Å²) in [6, 6.07) is 19.9. The fraction of sp³-hybridized carbons (Fsp3) is 0.125. The molecule has 0 bridgehead atoms. The average molecular weight is 430 g/mol. The van der Waals surface area contributed by atoms with Gasteiger partial charge in [0.25, 0.3) is 0 Å². The molecule has 0 spiro atoms. The van der Waals surface area contributed by atoms with Gasteiger partial charge in [-0.2, -0.15) is 0 Å². The van der Waals surface area contributed by atoms with Gasteiger partial charge in [-0.1, -0.05) is 18.2 Å². The fourth-order valence-electron chi connectivity index (χ4n) is 4.19. The Kier molecular flexibility index (Phi) is 4.95. The van der Waals surface area contributed by atoms with Crippen molar-refractivity contribution in [3.63, 3.8) is 0 Å². The third kappa shape index (κ3) is 3.37. The third-order valence-corrected chi connectivity index (χ3v) is 5.84. The van der Waals surface area contributed by atoms with E-state index in [-0.39, 0.29) is 17.9 Å². The van der Waals surface area contributed by atoms with Crippen molar-refractivity contribution in [2.75, 3.05) is 4.90 Å². The Balaban J connectivity index is 1.72. The van der Waals surface area contributed by atoms with Crippen molar-refractivity contribution in [1.29, 1.82) is 0 Å². The van der Waals surface area contributed by atoms with E-state index in [4.69, 9.17) is 12.2 Å². The summed E-state index contributed by atoms with van der Waals surface area (Å²) >= 11 is 5.70. The molecule has 5 rings (SSSR count). The van der Waals surface area contributed by atoms with Crippen molar-refractivity contribution < 1.29 is 4.39 Å². The normalized spacial score (nSPS) is 18.3. The molecule has 1 aliphatic rings. The molecular formula is C24H20FN5S. The minimum absolute atomic E-state index is 0.252. The zero-order valence-corrected chi connectivity index (χ0v) is 17.6. The molecule has 1 aromatic carbocycles. The number of aryl methyl sites for hydroxylation is 1. The molecule has 4 aromatic rings. The largest absolute Gasteiger partial charge is 0.351 e. The van der Waals surface area contributed by atoms with E-state index < -0.39 is 0 Å². The van der Waals surface area contributed by atoms with E-state index in [1.165, 1.54) is 6.07 Å². The molecule has 0 saturated carbocycles. The molecule has 4 heterocycles. The number of benzene rings is 1. The number of hydrogen-bond donors (Lipinski definition) is 1. The molecule has 5 nitrogen and oxygen atoms in total. The number of rotatable bonds is 4. The van der Waals surface area contributed by atoms with Crippen LogP contribution in [0.2, 0.25) is 0 Å². The second-order valence-electron chi connectivity index (χ2n) is 7.39. The standard InChI is InChI=1S/C24H20FN5S/c1-16-11-12-21(29(16)17-7-6-13-26-15-17)23-22(19-9-4-5-14-27-19)28-24(31)30(23)20-10-3-2-8-18(20)25/h2-15,22-23H,1H3,(H,28,31)/t22-,23-/m0/s1. The first-order valence-electron chi connectivity index (χ1n) is 9.99. The van der Waals surface area contributed by atoms with Crippen molar-refractivity contribution in [2.45, 2.75) is 19.0 Å². The average Bonchev–Trinajstić information content (AvgIpc) is 3.35. The molecule has 31 heavy (non-hydrogen) atoms. The van der Waals surface area contributed by atoms with Crippen LogP contribution in [0.1, 0.15) is 29.2 Å². The van der Waals surface area contributed by atoms with Crippen LogP contribution < -0.4 is 10.2 Å². The highest BCUT2D eigenvalue weighted by molar-refractivity contribution is 7.80. The summed E-state index contributed by atoms with van der Waals surface area (Å²) in [4.78, 5) is 10.7. The van der Waals surface area contributed by atoms with Crippen LogP contribution in [0, 0.1) is 12.7 Å². The SMILES string of the molecule is Cc1ccc([C@H]2[C@H](c3ccccn3)NC(=S)N2c2ccccc2F)n1-c1cccnc1. The lowest BCUT2D eigenvalue weighted by Crippen LogP contribution is -2.31. The third-order valence-electron chi connectivity index (χ3n) is 5.52. The van der Waals surface area contributed by atoms with Gasteiger partial charge in [0.2, 0.25) is 0 Å². The Morgan fingerprint density at radius 2 is 1.81 bits per heavy atom. The van der Waals surface area contributed by atoms with Gasteiger partial charge in [0.1, 0.15) is 11.9 Å². The van der Waals surface area contributed by atoms with Gasteiger partial charge in [0.05, 0.1) is 29.3 Å². The van der Waals surface area contributed by atoms with E-state index in [2.05, 4.69) is 32.0 Å². The maximum absolute atomic E-state index is 14.9. The molecule has 1 N–H and O–H groups in total. The zero-order chi connectivity index (χ0) is 21.4. The van der Waals surface area contributed by atoms with Gasteiger partial charge in [-0.25, -0.2) is 4.39 Å². The molecule has 154 valence electrons. The second kappa shape index (κ2) is 7.92.